The van der Waals surface area contributed by atoms with Crippen molar-refractivity contribution in [3.05, 3.63) is 0 Å². The number of phosphoric acid groups is 2. The molecule has 498 valence electrons. The molecule has 0 saturated heterocycles. The Morgan fingerprint density at radius 3 is 0.810 bits per heavy atom. The molecule has 2 unspecified atom stereocenters. The number of hydrogen-bond acceptors (Lipinski definition) is 15. The number of aliphatic hydroxyl groups is 1. The van der Waals surface area contributed by atoms with Crippen molar-refractivity contribution in [3.8, 4) is 0 Å². The number of esters is 4. The van der Waals surface area contributed by atoms with Crippen molar-refractivity contribution in [3.63, 3.8) is 0 Å². The summed E-state index contributed by atoms with van der Waals surface area (Å²) in [6.07, 6.45) is 37.7. The quantitative estimate of drug-likeness (QED) is 0.0222. The second-order valence-electron chi connectivity index (χ2n) is 24.9. The van der Waals surface area contributed by atoms with Gasteiger partial charge in [0.15, 0.2) is 12.2 Å². The second-order valence-corrected chi connectivity index (χ2v) is 27.8. The minimum Gasteiger partial charge on any atom is -0.462 e. The molecule has 0 rings (SSSR count). The molecule has 17 nitrogen and oxygen atoms in total. The molecule has 0 heterocycles. The number of ether oxygens (including phenoxy) is 4. The summed E-state index contributed by atoms with van der Waals surface area (Å²) in [6, 6.07) is 0. The second kappa shape index (κ2) is 56.3. The minimum absolute atomic E-state index is 0.102. The Hall–Kier alpha value is -1.94. The molecule has 3 N–H and O–H groups in total. The lowest BCUT2D eigenvalue weighted by atomic mass is 10.0. The van der Waals surface area contributed by atoms with Gasteiger partial charge in [0.05, 0.1) is 26.4 Å². The van der Waals surface area contributed by atoms with Crippen LogP contribution < -0.4 is 0 Å². The first-order chi connectivity index (χ1) is 40.2. The van der Waals surface area contributed by atoms with Crippen molar-refractivity contribution in [1.29, 1.82) is 0 Å². The SMILES string of the molecule is CCCCCCCCCCCCCC(=O)OC[C@H](COP(=O)(O)OC[C@@H](O)COP(=O)(O)OC[C@@H](COC(=O)CCCCCCCCCC(C)C)OC(=O)CCCCCCCCCC(C)C)OC(=O)CCCCCCCCCCCCC(C)C. The molecule has 0 aromatic heterocycles. The zero-order chi connectivity index (χ0) is 62.4. The summed E-state index contributed by atoms with van der Waals surface area (Å²) < 4.78 is 68.0. The van der Waals surface area contributed by atoms with E-state index >= 15 is 0 Å². The fraction of sp³-hybridized carbons (Fsp3) is 0.938. The van der Waals surface area contributed by atoms with Crippen LogP contribution in [0.2, 0.25) is 0 Å². The van der Waals surface area contributed by atoms with Crippen LogP contribution in [0.4, 0.5) is 0 Å². The maximum Gasteiger partial charge on any atom is 0.472 e. The topological polar surface area (TPSA) is 237 Å². The van der Waals surface area contributed by atoms with Gasteiger partial charge in [0, 0.05) is 25.7 Å². The van der Waals surface area contributed by atoms with Crippen LogP contribution in [0.1, 0.15) is 318 Å². The Bertz CT molecular complexity index is 1660. The minimum atomic E-state index is -4.95. The van der Waals surface area contributed by atoms with Crippen molar-refractivity contribution in [2.24, 2.45) is 17.8 Å². The van der Waals surface area contributed by atoms with E-state index in [4.69, 9.17) is 37.0 Å². The molecule has 0 aliphatic carbocycles. The van der Waals surface area contributed by atoms with E-state index in [0.717, 1.165) is 102 Å². The van der Waals surface area contributed by atoms with E-state index in [1.54, 1.807) is 0 Å². The van der Waals surface area contributed by atoms with Gasteiger partial charge in [-0.25, -0.2) is 9.13 Å². The molecule has 0 aliphatic rings. The third kappa shape index (κ3) is 59.0. The van der Waals surface area contributed by atoms with Gasteiger partial charge in [-0.2, -0.15) is 0 Å². The third-order valence-corrected chi connectivity index (χ3v) is 16.8. The summed E-state index contributed by atoms with van der Waals surface area (Å²) in [5, 5.41) is 10.5. The van der Waals surface area contributed by atoms with Gasteiger partial charge in [0.25, 0.3) is 0 Å². The van der Waals surface area contributed by atoms with E-state index in [-0.39, 0.29) is 25.7 Å². The predicted molar refractivity (Wildman–Crippen MR) is 335 cm³/mol. The Labute approximate surface area is 511 Å². The molecule has 0 saturated carbocycles. The highest BCUT2D eigenvalue weighted by atomic mass is 31.2. The molecular weight excluding hydrogens is 1110 g/mol. The van der Waals surface area contributed by atoms with Crippen LogP contribution in [-0.2, 0) is 65.4 Å². The molecule has 0 aromatic carbocycles. The molecule has 0 radical (unpaired) electrons. The first kappa shape index (κ1) is 82.1. The van der Waals surface area contributed by atoms with Crippen molar-refractivity contribution in [2.75, 3.05) is 39.6 Å². The average Bonchev–Trinajstić information content (AvgIpc) is 3.46. The lowest BCUT2D eigenvalue weighted by Gasteiger charge is -2.21. The van der Waals surface area contributed by atoms with Gasteiger partial charge >= 0.3 is 39.5 Å². The summed E-state index contributed by atoms with van der Waals surface area (Å²) in [4.78, 5) is 72.2. The van der Waals surface area contributed by atoms with Crippen molar-refractivity contribution < 1.29 is 80.2 Å². The van der Waals surface area contributed by atoms with Crippen LogP contribution in [0.15, 0.2) is 0 Å². The largest absolute Gasteiger partial charge is 0.472 e. The van der Waals surface area contributed by atoms with Crippen LogP contribution in [0.3, 0.4) is 0 Å². The standard InChI is InChI=1S/C65H126O17P2/c1-8-9-10-11-12-13-14-18-25-32-39-46-62(67)75-52-60(81-64(69)48-41-34-26-19-16-15-17-22-29-36-43-56(2)3)54-79-83(71,72)77-50-59(66)51-78-84(73,74)80-55-61(82-65(70)49-42-35-28-21-24-31-38-45-58(6)7)53-76-63(68)47-40-33-27-20-23-30-37-44-57(4)5/h56-61,66H,8-55H2,1-7H3,(H,71,72)(H,73,74)/t59-,60-,61-/m1/s1. The van der Waals surface area contributed by atoms with Gasteiger partial charge in [-0.05, 0) is 43.4 Å². The highest BCUT2D eigenvalue weighted by molar-refractivity contribution is 7.47. The van der Waals surface area contributed by atoms with Gasteiger partial charge < -0.3 is 33.8 Å². The number of unbranched alkanes of at least 4 members (excludes halogenated alkanes) is 31. The monoisotopic (exact) mass is 1240 g/mol. The van der Waals surface area contributed by atoms with Gasteiger partial charge in [-0.15, -0.1) is 0 Å². The molecule has 84 heavy (non-hydrogen) atoms. The Balaban J connectivity index is 5.25. The van der Waals surface area contributed by atoms with Crippen LogP contribution >= 0.6 is 15.6 Å². The fourth-order valence-electron chi connectivity index (χ4n) is 9.66. The highest BCUT2D eigenvalue weighted by Crippen LogP contribution is 2.45. The predicted octanol–water partition coefficient (Wildman–Crippen LogP) is 17.9. The zero-order valence-corrected chi connectivity index (χ0v) is 56.1. The number of rotatable bonds is 63. The molecule has 0 spiro atoms. The first-order valence-electron chi connectivity index (χ1n) is 33.8. The molecule has 5 atom stereocenters. The average molecular weight is 1240 g/mol. The Kier molecular flexibility index (Phi) is 55.0. The molecule has 0 aromatic rings. The number of carbonyl (C=O) groups is 4. The molecule has 0 bridgehead atoms. The van der Waals surface area contributed by atoms with Gasteiger partial charge in [0.1, 0.15) is 19.3 Å². The maximum absolute atomic E-state index is 13.0. The van der Waals surface area contributed by atoms with Crippen molar-refractivity contribution in [1.82, 2.24) is 0 Å². The lowest BCUT2D eigenvalue weighted by molar-refractivity contribution is -0.161. The molecular formula is C65H126O17P2. The highest BCUT2D eigenvalue weighted by Gasteiger charge is 2.30. The summed E-state index contributed by atoms with van der Waals surface area (Å²) >= 11 is 0. The first-order valence-corrected chi connectivity index (χ1v) is 36.8. The number of carbonyl (C=O) groups excluding carboxylic acids is 4. The van der Waals surface area contributed by atoms with E-state index in [1.807, 2.05) is 0 Å². The molecule has 19 heteroatoms. The van der Waals surface area contributed by atoms with Crippen LogP contribution in [0.25, 0.3) is 0 Å². The third-order valence-electron chi connectivity index (χ3n) is 14.9. The number of aliphatic hydroxyl groups excluding tert-OH is 1. The van der Waals surface area contributed by atoms with Crippen molar-refractivity contribution in [2.45, 2.75) is 336 Å². The van der Waals surface area contributed by atoms with Crippen LogP contribution in [-0.4, -0.2) is 96.7 Å². The summed E-state index contributed by atoms with van der Waals surface area (Å²) in [7, 11) is -9.89. The van der Waals surface area contributed by atoms with E-state index in [2.05, 4.69) is 48.5 Å². The zero-order valence-electron chi connectivity index (χ0n) is 54.4. The lowest BCUT2D eigenvalue weighted by Crippen LogP contribution is -2.30. The smallest absolute Gasteiger partial charge is 0.462 e. The fourth-order valence-corrected chi connectivity index (χ4v) is 11.2. The van der Waals surface area contributed by atoms with Crippen LogP contribution in [0.5, 0.6) is 0 Å². The normalized spacial score (nSPS) is 14.3. The molecule has 0 aliphatic heterocycles. The number of phosphoric ester groups is 2. The van der Waals surface area contributed by atoms with E-state index in [1.165, 1.54) is 122 Å². The van der Waals surface area contributed by atoms with Gasteiger partial charge in [-0.1, -0.05) is 267 Å². The molecule has 0 fully saturated rings. The maximum atomic E-state index is 13.0. The van der Waals surface area contributed by atoms with E-state index in [0.29, 0.717) is 37.5 Å². The Morgan fingerprint density at radius 1 is 0.321 bits per heavy atom. The number of hydrogen-bond donors (Lipinski definition) is 3. The van der Waals surface area contributed by atoms with E-state index in [9.17, 15) is 43.2 Å². The van der Waals surface area contributed by atoms with Gasteiger partial charge in [-0.3, -0.25) is 37.3 Å². The Morgan fingerprint density at radius 2 is 0.548 bits per heavy atom. The summed E-state index contributed by atoms with van der Waals surface area (Å²) in [5.74, 6) is 0.0166. The summed E-state index contributed by atoms with van der Waals surface area (Å²) in [6.45, 7) is 11.7. The van der Waals surface area contributed by atoms with E-state index < -0.39 is 97.5 Å². The summed E-state index contributed by atoms with van der Waals surface area (Å²) in [5.41, 5.74) is 0. The van der Waals surface area contributed by atoms with Crippen molar-refractivity contribution >= 4 is 39.5 Å². The van der Waals surface area contributed by atoms with Gasteiger partial charge in [0.2, 0.25) is 0 Å². The molecule has 0 amide bonds. The van der Waals surface area contributed by atoms with Crippen LogP contribution in [0, 0.1) is 17.8 Å².